The van der Waals surface area contributed by atoms with Crippen LogP contribution in [-0.4, -0.2) is 47.3 Å². The van der Waals surface area contributed by atoms with Crippen molar-refractivity contribution >= 4 is 23.4 Å². The van der Waals surface area contributed by atoms with Gasteiger partial charge in [-0.2, -0.15) is 0 Å². The summed E-state index contributed by atoms with van der Waals surface area (Å²) in [6.07, 6.45) is 2.25. The molecule has 8 heteroatoms. The van der Waals surface area contributed by atoms with Gasteiger partial charge in [-0.25, -0.2) is 14.6 Å². The van der Waals surface area contributed by atoms with E-state index >= 15 is 0 Å². The van der Waals surface area contributed by atoms with Crippen molar-refractivity contribution in [1.82, 2.24) is 9.88 Å². The van der Waals surface area contributed by atoms with E-state index in [2.05, 4.69) is 9.72 Å². The normalized spacial score (nSPS) is 17.4. The van der Waals surface area contributed by atoms with Crippen molar-refractivity contribution in [3.8, 4) is 0 Å². The topological polar surface area (TPSA) is 104 Å². The molecule has 8 nitrogen and oxygen atoms in total. The summed E-state index contributed by atoms with van der Waals surface area (Å²) in [6.45, 7) is 7.51. The Morgan fingerprint density at radius 1 is 1.40 bits per heavy atom. The Morgan fingerprint density at radius 2 is 2.08 bits per heavy atom. The van der Waals surface area contributed by atoms with Gasteiger partial charge in [-0.05, 0) is 33.8 Å². The highest BCUT2D eigenvalue weighted by molar-refractivity contribution is 5.91. The second kappa shape index (κ2) is 7.00. The van der Waals surface area contributed by atoms with E-state index in [0.717, 1.165) is 0 Å². The van der Waals surface area contributed by atoms with Gasteiger partial charge in [0.2, 0.25) is 0 Å². The molecule has 1 atom stereocenters. The molecule has 0 radical (unpaired) electrons. The maximum atomic E-state index is 12.7. The van der Waals surface area contributed by atoms with Crippen LogP contribution in [-0.2, 0) is 14.2 Å². The predicted octanol–water partition coefficient (Wildman–Crippen LogP) is 2.40. The number of aromatic nitrogens is 1. The molecule has 0 bridgehead atoms. The lowest BCUT2D eigenvalue weighted by atomic mass is 10.1. The first-order valence-corrected chi connectivity index (χ1v) is 7.82. The molecule has 1 aliphatic rings. The van der Waals surface area contributed by atoms with Gasteiger partial charge < -0.3 is 19.9 Å². The monoisotopic (exact) mass is 349 g/mol. The number of carbonyl (C=O) groups is 2. The number of ether oxygens (including phenoxy) is 3. The number of pyridine rings is 1. The zero-order valence-corrected chi connectivity index (χ0v) is 15.0. The third-order valence-corrected chi connectivity index (χ3v) is 3.43. The van der Waals surface area contributed by atoms with Crippen molar-refractivity contribution in [3.63, 3.8) is 0 Å². The number of amides is 1. The summed E-state index contributed by atoms with van der Waals surface area (Å²) in [4.78, 5) is 29.8. The van der Waals surface area contributed by atoms with Crippen molar-refractivity contribution in [2.75, 3.05) is 19.5 Å². The zero-order chi connectivity index (χ0) is 18.8. The highest BCUT2D eigenvalue weighted by Crippen LogP contribution is 2.31. The first-order valence-electron chi connectivity index (χ1n) is 7.82. The van der Waals surface area contributed by atoms with Gasteiger partial charge in [0, 0.05) is 5.56 Å². The van der Waals surface area contributed by atoms with Crippen LogP contribution in [0.15, 0.2) is 18.5 Å². The lowest BCUT2D eigenvalue weighted by Gasteiger charge is -2.35. The Bertz CT molecular complexity index is 709. The summed E-state index contributed by atoms with van der Waals surface area (Å²) in [6, 6.07) is 1.19. The molecule has 0 aliphatic carbocycles. The zero-order valence-electron chi connectivity index (χ0n) is 15.0. The Labute approximate surface area is 146 Å². The predicted molar refractivity (Wildman–Crippen MR) is 91.5 cm³/mol. The third-order valence-electron chi connectivity index (χ3n) is 3.43. The van der Waals surface area contributed by atoms with Crippen molar-refractivity contribution in [3.05, 3.63) is 29.8 Å². The molecule has 0 unspecified atom stereocenters. The number of esters is 1. The molecule has 2 N–H and O–H groups in total. The summed E-state index contributed by atoms with van der Waals surface area (Å²) < 4.78 is 15.6. The van der Waals surface area contributed by atoms with E-state index in [1.54, 1.807) is 20.8 Å². The van der Waals surface area contributed by atoms with Crippen LogP contribution in [0.3, 0.4) is 0 Å². The van der Waals surface area contributed by atoms with E-state index in [4.69, 9.17) is 15.2 Å². The SMILES string of the molecule is COC(=O)c1cc(C2=COC[C@@H](C)N2C(=O)OC(C)(C)C)c(N)cn1. The summed E-state index contributed by atoms with van der Waals surface area (Å²) in [7, 11) is 1.26. The molecule has 0 saturated heterocycles. The fraction of sp³-hybridized carbons (Fsp3) is 0.471. The molecule has 1 aromatic heterocycles. The van der Waals surface area contributed by atoms with Crippen LogP contribution >= 0.6 is 0 Å². The largest absolute Gasteiger partial charge is 0.497 e. The minimum Gasteiger partial charge on any atom is -0.497 e. The maximum absolute atomic E-state index is 12.7. The fourth-order valence-corrected chi connectivity index (χ4v) is 2.32. The number of nitrogen functional groups attached to an aromatic ring is 1. The second-order valence-corrected chi connectivity index (χ2v) is 6.68. The number of nitrogens with two attached hydrogens (primary N) is 1. The highest BCUT2D eigenvalue weighted by Gasteiger charge is 2.33. The molecule has 2 rings (SSSR count). The molecule has 1 aliphatic heterocycles. The molecular weight excluding hydrogens is 326 g/mol. The Balaban J connectivity index is 2.46. The fourth-order valence-electron chi connectivity index (χ4n) is 2.32. The number of hydrogen-bond acceptors (Lipinski definition) is 7. The van der Waals surface area contributed by atoms with Gasteiger partial charge >= 0.3 is 12.1 Å². The molecule has 25 heavy (non-hydrogen) atoms. The van der Waals surface area contributed by atoms with Gasteiger partial charge in [0.1, 0.15) is 24.2 Å². The summed E-state index contributed by atoms with van der Waals surface area (Å²) >= 11 is 0. The number of carbonyl (C=O) groups excluding carboxylic acids is 2. The molecule has 2 heterocycles. The van der Waals surface area contributed by atoms with Gasteiger partial charge in [-0.15, -0.1) is 0 Å². The van der Waals surface area contributed by atoms with Crippen LogP contribution in [0.25, 0.3) is 5.70 Å². The van der Waals surface area contributed by atoms with E-state index < -0.39 is 17.7 Å². The minimum atomic E-state index is -0.652. The van der Waals surface area contributed by atoms with Gasteiger partial charge in [0.25, 0.3) is 0 Å². The maximum Gasteiger partial charge on any atom is 0.415 e. The third kappa shape index (κ3) is 4.20. The van der Waals surface area contributed by atoms with Crippen LogP contribution in [0.5, 0.6) is 0 Å². The smallest absolute Gasteiger partial charge is 0.415 e. The molecule has 0 saturated carbocycles. The number of anilines is 1. The van der Waals surface area contributed by atoms with Crippen LogP contribution in [0, 0.1) is 0 Å². The Kier molecular flexibility index (Phi) is 5.20. The second-order valence-electron chi connectivity index (χ2n) is 6.68. The molecule has 0 spiro atoms. The molecule has 0 aromatic carbocycles. The highest BCUT2D eigenvalue weighted by atomic mass is 16.6. The number of methoxy groups -OCH3 is 1. The van der Waals surface area contributed by atoms with Crippen molar-refractivity contribution in [1.29, 1.82) is 0 Å². The summed E-state index contributed by atoms with van der Waals surface area (Å²) in [5.41, 5.74) is 6.57. The van der Waals surface area contributed by atoms with Crippen molar-refractivity contribution in [2.45, 2.75) is 39.3 Å². The van der Waals surface area contributed by atoms with E-state index in [9.17, 15) is 9.59 Å². The van der Waals surface area contributed by atoms with Crippen molar-refractivity contribution < 1.29 is 23.8 Å². The minimum absolute atomic E-state index is 0.0787. The molecule has 136 valence electrons. The van der Waals surface area contributed by atoms with Crippen LogP contribution in [0.2, 0.25) is 0 Å². The van der Waals surface area contributed by atoms with Crippen LogP contribution in [0.1, 0.15) is 43.7 Å². The molecule has 1 amide bonds. The number of hydrogen-bond donors (Lipinski definition) is 1. The average molecular weight is 349 g/mol. The summed E-state index contributed by atoms with van der Waals surface area (Å²) in [5, 5.41) is 0. The quantitative estimate of drug-likeness (QED) is 0.818. The lowest BCUT2D eigenvalue weighted by Crippen LogP contribution is -2.44. The molecular formula is C17H23N3O5. The molecule has 0 fully saturated rings. The average Bonchev–Trinajstić information content (AvgIpc) is 2.52. The number of rotatable bonds is 2. The van der Waals surface area contributed by atoms with E-state index in [0.29, 0.717) is 23.6 Å². The van der Waals surface area contributed by atoms with Gasteiger partial charge in [-0.3, -0.25) is 4.90 Å². The van der Waals surface area contributed by atoms with Gasteiger partial charge in [0.15, 0.2) is 0 Å². The number of nitrogens with zero attached hydrogens (tertiary/aromatic N) is 2. The van der Waals surface area contributed by atoms with Crippen LogP contribution in [0.4, 0.5) is 10.5 Å². The van der Waals surface area contributed by atoms with Crippen LogP contribution < -0.4 is 5.73 Å². The summed E-state index contributed by atoms with van der Waals surface area (Å²) in [5.74, 6) is -0.601. The standard InChI is InChI=1S/C17H23N3O5/c1-10-8-24-9-14(20(10)16(22)25-17(2,3)4)11-6-13(15(21)23-5)19-7-12(11)18/h6-7,9-10H,8,18H2,1-5H3/t10-/m1/s1. The Hall–Kier alpha value is -2.77. The van der Waals surface area contributed by atoms with E-state index in [1.165, 1.54) is 30.5 Å². The first kappa shape index (κ1) is 18.6. The van der Waals surface area contributed by atoms with Crippen molar-refractivity contribution in [2.24, 2.45) is 0 Å². The molecule has 1 aromatic rings. The van der Waals surface area contributed by atoms with Gasteiger partial charge in [-0.1, -0.05) is 0 Å². The Morgan fingerprint density at radius 3 is 2.68 bits per heavy atom. The van der Waals surface area contributed by atoms with E-state index in [1.807, 2.05) is 6.92 Å². The van der Waals surface area contributed by atoms with Gasteiger partial charge in [0.05, 0.1) is 30.7 Å². The van der Waals surface area contributed by atoms with E-state index in [-0.39, 0.29) is 11.7 Å². The lowest BCUT2D eigenvalue weighted by molar-refractivity contribution is 0.0204. The first-order chi connectivity index (χ1) is 11.6.